The van der Waals surface area contributed by atoms with Gasteiger partial charge in [-0.2, -0.15) is 0 Å². The first kappa shape index (κ1) is 12.0. The fourth-order valence-corrected chi connectivity index (χ4v) is 1.26. The van der Waals surface area contributed by atoms with E-state index in [0.717, 1.165) is 6.92 Å². The molecular formula is C10H12N2O4. The molecule has 0 aliphatic carbocycles. The Labute approximate surface area is 91.7 Å². The lowest BCUT2D eigenvalue weighted by Crippen LogP contribution is -2.33. The number of rotatable bonds is 3. The first-order chi connectivity index (χ1) is 7.35. The number of carbonyl (C=O) groups excluding carboxylic acids is 1. The Balaban J connectivity index is 3.22. The number of carboxylic acid groups (broad SMARTS) is 1. The van der Waals surface area contributed by atoms with Crippen LogP contribution in [0.3, 0.4) is 0 Å². The zero-order valence-corrected chi connectivity index (χ0v) is 8.60. The van der Waals surface area contributed by atoms with Crippen molar-refractivity contribution < 1.29 is 19.8 Å². The molecule has 1 atom stereocenters. The molecule has 0 saturated carbocycles. The summed E-state index contributed by atoms with van der Waals surface area (Å²) in [6.07, 6.45) is 0. The Kier molecular flexibility index (Phi) is 3.14. The van der Waals surface area contributed by atoms with Gasteiger partial charge in [-0.3, -0.25) is 0 Å². The quantitative estimate of drug-likeness (QED) is 0.597. The molecular weight excluding hydrogens is 212 g/mol. The highest BCUT2D eigenvalue weighted by molar-refractivity contribution is 5.91. The summed E-state index contributed by atoms with van der Waals surface area (Å²) in [5.41, 5.74) is 3.09. The maximum atomic E-state index is 10.9. The number of primary amides is 1. The maximum Gasteiger partial charge on any atom is 0.340 e. The summed E-state index contributed by atoms with van der Waals surface area (Å²) in [6, 6.07) is 5.18. The zero-order valence-electron chi connectivity index (χ0n) is 8.60. The van der Waals surface area contributed by atoms with Gasteiger partial charge in [-0.05, 0) is 13.0 Å². The number of nitrogens with two attached hydrogens (primary N) is 1. The number of aliphatic hydroxyl groups is 1. The second-order valence-electron chi connectivity index (χ2n) is 3.41. The lowest BCUT2D eigenvalue weighted by atomic mass is 9.94. The summed E-state index contributed by atoms with van der Waals surface area (Å²) in [5.74, 6) is -1.41. The number of anilines is 1. The number of aliphatic carboxylic acids is 1. The van der Waals surface area contributed by atoms with E-state index in [2.05, 4.69) is 5.32 Å². The van der Waals surface area contributed by atoms with Crippen molar-refractivity contribution in [3.8, 4) is 0 Å². The van der Waals surface area contributed by atoms with Crippen molar-refractivity contribution in [3.05, 3.63) is 29.8 Å². The maximum absolute atomic E-state index is 10.9. The number of carboxylic acids is 1. The Hall–Kier alpha value is -2.08. The van der Waals surface area contributed by atoms with Crippen molar-refractivity contribution >= 4 is 17.7 Å². The van der Waals surface area contributed by atoms with Crippen LogP contribution in [-0.4, -0.2) is 22.2 Å². The molecule has 5 N–H and O–H groups in total. The number of hydrogen-bond acceptors (Lipinski definition) is 3. The number of carbonyl (C=O) groups is 2. The van der Waals surface area contributed by atoms with Gasteiger partial charge in [-0.15, -0.1) is 0 Å². The van der Waals surface area contributed by atoms with Gasteiger partial charge < -0.3 is 21.3 Å². The van der Waals surface area contributed by atoms with Gasteiger partial charge in [-0.25, -0.2) is 9.59 Å². The second kappa shape index (κ2) is 4.19. The Morgan fingerprint density at radius 1 is 1.38 bits per heavy atom. The predicted octanol–water partition coefficient (Wildman–Crippen LogP) is 0.469. The van der Waals surface area contributed by atoms with Crippen LogP contribution in [0.25, 0.3) is 0 Å². The van der Waals surface area contributed by atoms with Crippen LogP contribution >= 0.6 is 0 Å². The van der Waals surface area contributed by atoms with Crippen molar-refractivity contribution in [2.75, 3.05) is 5.32 Å². The van der Waals surface area contributed by atoms with Gasteiger partial charge in [0.15, 0.2) is 5.60 Å². The lowest BCUT2D eigenvalue weighted by molar-refractivity contribution is -0.157. The average molecular weight is 224 g/mol. The van der Waals surface area contributed by atoms with Gasteiger partial charge in [-0.1, -0.05) is 18.2 Å². The summed E-state index contributed by atoms with van der Waals surface area (Å²) in [7, 11) is 0. The summed E-state index contributed by atoms with van der Waals surface area (Å²) >= 11 is 0. The number of benzene rings is 1. The summed E-state index contributed by atoms with van der Waals surface area (Å²) in [4.78, 5) is 21.6. The summed E-state index contributed by atoms with van der Waals surface area (Å²) in [5, 5.41) is 20.9. The fraction of sp³-hybridized carbons (Fsp3) is 0.200. The van der Waals surface area contributed by atoms with Gasteiger partial charge in [0.2, 0.25) is 0 Å². The smallest absolute Gasteiger partial charge is 0.340 e. The van der Waals surface area contributed by atoms with Crippen LogP contribution in [0.15, 0.2) is 24.3 Å². The van der Waals surface area contributed by atoms with Crippen LogP contribution in [0.4, 0.5) is 10.5 Å². The van der Waals surface area contributed by atoms with E-state index in [9.17, 15) is 14.7 Å². The number of hydrogen-bond donors (Lipinski definition) is 4. The van der Waals surface area contributed by atoms with E-state index < -0.39 is 17.6 Å². The van der Waals surface area contributed by atoms with Crippen molar-refractivity contribution in [2.45, 2.75) is 12.5 Å². The number of nitrogens with one attached hydrogen (secondary N) is 1. The second-order valence-corrected chi connectivity index (χ2v) is 3.41. The van der Waals surface area contributed by atoms with Crippen LogP contribution in [0.5, 0.6) is 0 Å². The van der Waals surface area contributed by atoms with E-state index in [-0.39, 0.29) is 11.3 Å². The molecule has 0 aliphatic rings. The molecule has 1 rings (SSSR count). The van der Waals surface area contributed by atoms with E-state index in [0.29, 0.717) is 0 Å². The molecule has 0 saturated heterocycles. The number of para-hydroxylation sites is 1. The highest BCUT2D eigenvalue weighted by Gasteiger charge is 2.34. The van der Waals surface area contributed by atoms with Crippen molar-refractivity contribution in [2.24, 2.45) is 5.73 Å². The molecule has 1 aromatic carbocycles. The van der Waals surface area contributed by atoms with Gasteiger partial charge in [0.05, 0.1) is 0 Å². The Morgan fingerprint density at radius 3 is 2.44 bits per heavy atom. The van der Waals surface area contributed by atoms with E-state index in [1.165, 1.54) is 12.1 Å². The SMILES string of the molecule is C[C@](O)(C(=O)O)c1ccccc1NC(N)=O. The lowest BCUT2D eigenvalue weighted by Gasteiger charge is -2.21. The van der Waals surface area contributed by atoms with Gasteiger partial charge in [0, 0.05) is 11.3 Å². The molecule has 0 unspecified atom stereocenters. The Morgan fingerprint density at radius 2 is 1.94 bits per heavy atom. The fourth-order valence-electron chi connectivity index (χ4n) is 1.26. The third-order valence-electron chi connectivity index (χ3n) is 2.13. The molecule has 6 heteroatoms. The minimum Gasteiger partial charge on any atom is -0.479 e. The summed E-state index contributed by atoms with van der Waals surface area (Å²) < 4.78 is 0. The molecule has 2 amide bonds. The first-order valence-electron chi connectivity index (χ1n) is 4.47. The largest absolute Gasteiger partial charge is 0.479 e. The van der Waals surface area contributed by atoms with Crippen LogP contribution in [0, 0.1) is 0 Å². The predicted molar refractivity (Wildman–Crippen MR) is 56.9 cm³/mol. The Bertz CT molecular complexity index is 429. The van der Waals surface area contributed by atoms with Crippen molar-refractivity contribution in [1.29, 1.82) is 0 Å². The molecule has 0 bridgehead atoms. The highest BCUT2D eigenvalue weighted by Crippen LogP contribution is 2.28. The van der Waals surface area contributed by atoms with Crippen molar-refractivity contribution in [1.82, 2.24) is 0 Å². The molecule has 0 heterocycles. The number of amides is 2. The van der Waals surface area contributed by atoms with Crippen LogP contribution in [-0.2, 0) is 10.4 Å². The standard InChI is InChI=1S/C10H12N2O4/c1-10(16,8(13)14)6-4-2-3-5-7(6)12-9(11)15/h2-5,16H,1H3,(H,13,14)(H3,11,12,15)/t10-/m1/s1. The topological polar surface area (TPSA) is 113 Å². The molecule has 16 heavy (non-hydrogen) atoms. The third-order valence-corrected chi connectivity index (χ3v) is 2.13. The van der Waals surface area contributed by atoms with Gasteiger partial charge >= 0.3 is 12.0 Å². The molecule has 1 aromatic rings. The zero-order chi connectivity index (χ0) is 12.3. The molecule has 0 aromatic heterocycles. The minimum atomic E-state index is -2.08. The van der Waals surface area contributed by atoms with Crippen LogP contribution in [0.2, 0.25) is 0 Å². The average Bonchev–Trinajstić information content (AvgIpc) is 2.17. The first-order valence-corrected chi connectivity index (χ1v) is 4.47. The highest BCUT2D eigenvalue weighted by atomic mass is 16.4. The van der Waals surface area contributed by atoms with E-state index in [1.54, 1.807) is 12.1 Å². The third kappa shape index (κ3) is 2.29. The molecule has 0 radical (unpaired) electrons. The van der Waals surface area contributed by atoms with Crippen LogP contribution in [0.1, 0.15) is 12.5 Å². The van der Waals surface area contributed by atoms with Crippen molar-refractivity contribution in [3.63, 3.8) is 0 Å². The molecule has 86 valence electrons. The molecule has 0 spiro atoms. The monoisotopic (exact) mass is 224 g/mol. The molecule has 6 nitrogen and oxygen atoms in total. The van der Waals surface area contributed by atoms with E-state index in [1.807, 2.05) is 0 Å². The van der Waals surface area contributed by atoms with Crippen LogP contribution < -0.4 is 11.1 Å². The van der Waals surface area contributed by atoms with Gasteiger partial charge in [0.1, 0.15) is 0 Å². The normalized spacial score (nSPS) is 13.9. The summed E-state index contributed by atoms with van der Waals surface area (Å²) in [6.45, 7) is 1.12. The molecule has 0 fully saturated rings. The van der Waals surface area contributed by atoms with E-state index >= 15 is 0 Å². The molecule has 0 aliphatic heterocycles. The number of urea groups is 1. The van der Waals surface area contributed by atoms with Gasteiger partial charge in [0.25, 0.3) is 0 Å². The minimum absolute atomic E-state index is 0.0706. The van der Waals surface area contributed by atoms with E-state index in [4.69, 9.17) is 10.8 Å².